The summed E-state index contributed by atoms with van der Waals surface area (Å²) in [6, 6.07) is 7.43. The third-order valence-corrected chi connectivity index (χ3v) is 4.22. The van der Waals surface area contributed by atoms with E-state index in [-0.39, 0.29) is 34.3 Å². The Morgan fingerprint density at radius 3 is 2.17 bits per heavy atom. The summed E-state index contributed by atoms with van der Waals surface area (Å²) in [6.07, 6.45) is 2.80. The maximum absolute atomic E-state index is 12.8. The number of ketones is 2. The number of fused-ring (bicyclic) bond motifs is 2. The zero-order valence-corrected chi connectivity index (χ0v) is 13.5. The van der Waals surface area contributed by atoms with Crippen LogP contribution in [0.5, 0.6) is 0 Å². The van der Waals surface area contributed by atoms with Crippen molar-refractivity contribution in [3.63, 3.8) is 0 Å². The molecule has 3 aromatic rings. The summed E-state index contributed by atoms with van der Waals surface area (Å²) in [4.78, 5) is 37.7. The summed E-state index contributed by atoms with van der Waals surface area (Å²) in [5, 5.41) is 0. The number of aromatic nitrogens is 4. The van der Waals surface area contributed by atoms with Crippen LogP contribution in [0, 0.1) is 6.92 Å². The fourth-order valence-corrected chi connectivity index (χ4v) is 2.96. The molecule has 0 N–H and O–H groups in total. The number of carbonyl (C=O) groups is 2. The average Bonchev–Trinajstić information content (AvgIpc) is 2.91. The van der Waals surface area contributed by atoms with E-state index in [0.717, 1.165) is 10.2 Å². The first-order chi connectivity index (χ1) is 11.1. The minimum Gasteiger partial charge on any atom is -0.293 e. The fraction of sp³-hybridized carbons (Fsp3) is 0.0625. The molecule has 1 aromatic carbocycles. The summed E-state index contributed by atoms with van der Waals surface area (Å²) in [7, 11) is 0. The van der Waals surface area contributed by atoms with Gasteiger partial charge in [0.25, 0.3) is 0 Å². The number of hydrogen-bond acceptors (Lipinski definition) is 5. The largest absolute Gasteiger partial charge is 0.293 e. The first-order valence-electron chi connectivity index (χ1n) is 6.83. The molecule has 112 valence electrons. The Balaban J connectivity index is 2.00. The molecule has 4 rings (SSSR count). The number of aryl methyl sites for hydroxylation is 1. The van der Waals surface area contributed by atoms with Gasteiger partial charge in [-0.1, -0.05) is 15.9 Å². The monoisotopic (exact) mass is 368 g/mol. The van der Waals surface area contributed by atoms with E-state index < -0.39 is 0 Å². The van der Waals surface area contributed by atoms with E-state index in [2.05, 4.69) is 30.9 Å². The molecule has 0 amide bonds. The van der Waals surface area contributed by atoms with Crippen molar-refractivity contribution in [2.45, 2.75) is 6.92 Å². The van der Waals surface area contributed by atoms with Gasteiger partial charge in [-0.05, 0) is 31.2 Å². The van der Waals surface area contributed by atoms with Gasteiger partial charge < -0.3 is 0 Å². The minimum atomic E-state index is -0.373. The molecule has 2 aromatic heterocycles. The highest BCUT2D eigenvalue weighted by atomic mass is 79.9. The molecule has 0 spiro atoms. The summed E-state index contributed by atoms with van der Waals surface area (Å²) in [5.41, 5.74) is 1.26. The van der Waals surface area contributed by atoms with Crippen molar-refractivity contribution in [1.29, 1.82) is 0 Å². The van der Waals surface area contributed by atoms with Crippen molar-refractivity contribution >= 4 is 27.5 Å². The van der Waals surface area contributed by atoms with Crippen molar-refractivity contribution < 1.29 is 9.59 Å². The molecule has 6 nitrogen and oxygen atoms in total. The SMILES string of the molecule is Cc1nc2c(n1-c1ccc(Br)cc1)C(=O)c1nccnc1C2=O. The standard InChI is InChI=1S/C16H9BrN4O2/c1-8-20-13-14(21(8)10-4-2-9(17)3-5-10)16(23)12-11(15(13)22)18-6-7-19-12/h2-7H,1H3. The number of nitrogens with zero attached hydrogens (tertiary/aromatic N) is 4. The van der Waals surface area contributed by atoms with E-state index in [1.54, 1.807) is 11.5 Å². The molecule has 0 unspecified atom stereocenters. The Bertz CT molecular complexity index is 976. The van der Waals surface area contributed by atoms with Crippen molar-refractivity contribution in [1.82, 2.24) is 19.5 Å². The van der Waals surface area contributed by atoms with E-state index in [4.69, 9.17) is 0 Å². The number of carbonyl (C=O) groups excluding carboxylic acids is 2. The van der Waals surface area contributed by atoms with Gasteiger partial charge in [0, 0.05) is 22.6 Å². The lowest BCUT2D eigenvalue weighted by atomic mass is 9.98. The van der Waals surface area contributed by atoms with Gasteiger partial charge in [-0.2, -0.15) is 0 Å². The number of rotatable bonds is 1. The molecule has 1 aliphatic carbocycles. The minimum absolute atomic E-state index is 0.0606. The molecule has 23 heavy (non-hydrogen) atoms. The number of benzene rings is 1. The number of hydrogen-bond donors (Lipinski definition) is 0. The lowest BCUT2D eigenvalue weighted by Gasteiger charge is -2.14. The van der Waals surface area contributed by atoms with Gasteiger partial charge in [0.15, 0.2) is 0 Å². The Hall–Kier alpha value is -2.67. The van der Waals surface area contributed by atoms with Gasteiger partial charge in [-0.3, -0.25) is 14.2 Å². The normalized spacial score (nSPS) is 13.0. The molecular weight excluding hydrogens is 360 g/mol. The highest BCUT2D eigenvalue weighted by Gasteiger charge is 2.37. The van der Waals surface area contributed by atoms with Crippen LogP contribution in [0.25, 0.3) is 5.69 Å². The fourth-order valence-electron chi connectivity index (χ4n) is 2.70. The summed E-state index contributed by atoms with van der Waals surface area (Å²) < 4.78 is 2.60. The Morgan fingerprint density at radius 2 is 1.52 bits per heavy atom. The Morgan fingerprint density at radius 1 is 0.913 bits per heavy atom. The van der Waals surface area contributed by atoms with Crippen LogP contribution in [0.4, 0.5) is 0 Å². The van der Waals surface area contributed by atoms with Crippen LogP contribution in [0.15, 0.2) is 41.1 Å². The average molecular weight is 369 g/mol. The predicted octanol–water partition coefficient (Wildman–Crippen LogP) is 2.51. The first kappa shape index (κ1) is 14.0. The van der Waals surface area contributed by atoms with Crippen LogP contribution in [-0.4, -0.2) is 31.1 Å². The van der Waals surface area contributed by atoms with Crippen molar-refractivity contribution in [3.8, 4) is 5.69 Å². The highest BCUT2D eigenvalue weighted by molar-refractivity contribution is 9.10. The lowest BCUT2D eigenvalue weighted by Crippen LogP contribution is -2.25. The number of halogens is 1. The molecule has 0 aliphatic heterocycles. The van der Waals surface area contributed by atoms with Crippen LogP contribution in [0.3, 0.4) is 0 Å². The molecule has 0 atom stereocenters. The Labute approximate surface area is 139 Å². The van der Waals surface area contributed by atoms with Gasteiger partial charge in [0.2, 0.25) is 11.6 Å². The molecular formula is C16H9BrN4O2. The predicted molar refractivity (Wildman–Crippen MR) is 84.9 cm³/mol. The van der Waals surface area contributed by atoms with Gasteiger partial charge in [-0.25, -0.2) is 15.0 Å². The van der Waals surface area contributed by atoms with Crippen molar-refractivity contribution in [2.75, 3.05) is 0 Å². The van der Waals surface area contributed by atoms with E-state index in [9.17, 15) is 9.59 Å². The lowest BCUT2D eigenvalue weighted by molar-refractivity contribution is 0.0965. The quantitative estimate of drug-likeness (QED) is 0.515. The van der Waals surface area contributed by atoms with E-state index in [1.165, 1.54) is 12.4 Å². The summed E-state index contributed by atoms with van der Waals surface area (Å²) in [5.74, 6) is -0.153. The van der Waals surface area contributed by atoms with Crippen LogP contribution < -0.4 is 0 Å². The maximum atomic E-state index is 12.8. The van der Waals surface area contributed by atoms with Gasteiger partial charge >= 0.3 is 0 Å². The van der Waals surface area contributed by atoms with E-state index in [1.807, 2.05) is 24.3 Å². The third-order valence-electron chi connectivity index (χ3n) is 3.69. The summed E-state index contributed by atoms with van der Waals surface area (Å²) >= 11 is 3.38. The number of imidazole rings is 1. The van der Waals surface area contributed by atoms with Crippen LogP contribution in [-0.2, 0) is 0 Å². The highest BCUT2D eigenvalue weighted by Crippen LogP contribution is 2.28. The first-order valence-corrected chi connectivity index (χ1v) is 7.63. The zero-order chi connectivity index (χ0) is 16.1. The second-order valence-corrected chi connectivity index (χ2v) is 6.00. The molecule has 0 fully saturated rings. The van der Waals surface area contributed by atoms with Crippen LogP contribution in [0.1, 0.15) is 38.2 Å². The van der Waals surface area contributed by atoms with Gasteiger partial charge in [0.1, 0.15) is 28.6 Å². The molecule has 0 bridgehead atoms. The summed E-state index contributed by atoms with van der Waals surface area (Å²) in [6.45, 7) is 1.76. The molecule has 2 heterocycles. The maximum Gasteiger partial charge on any atom is 0.234 e. The molecule has 0 radical (unpaired) electrons. The Kier molecular flexibility index (Phi) is 2.99. The molecule has 0 saturated heterocycles. The third kappa shape index (κ3) is 1.97. The van der Waals surface area contributed by atoms with Crippen molar-refractivity contribution in [3.05, 3.63) is 69.7 Å². The van der Waals surface area contributed by atoms with Crippen LogP contribution >= 0.6 is 15.9 Å². The van der Waals surface area contributed by atoms with Crippen molar-refractivity contribution in [2.24, 2.45) is 0 Å². The second kappa shape index (κ2) is 4.92. The van der Waals surface area contributed by atoms with E-state index >= 15 is 0 Å². The molecule has 7 heteroatoms. The molecule has 1 aliphatic rings. The van der Waals surface area contributed by atoms with E-state index in [0.29, 0.717) is 5.82 Å². The van der Waals surface area contributed by atoms with Gasteiger partial charge in [-0.15, -0.1) is 0 Å². The second-order valence-electron chi connectivity index (χ2n) is 5.08. The molecule has 0 saturated carbocycles. The topological polar surface area (TPSA) is 77.7 Å². The smallest absolute Gasteiger partial charge is 0.234 e. The van der Waals surface area contributed by atoms with Gasteiger partial charge in [0.05, 0.1) is 0 Å². The van der Waals surface area contributed by atoms with Crippen LogP contribution in [0.2, 0.25) is 0 Å². The zero-order valence-electron chi connectivity index (χ0n) is 11.9.